The lowest BCUT2D eigenvalue weighted by Gasteiger charge is -2.35. The minimum atomic E-state index is -0.203. The highest BCUT2D eigenvalue weighted by atomic mass is 35.5. The number of amides is 1. The highest BCUT2D eigenvalue weighted by molar-refractivity contribution is 6.35. The minimum absolute atomic E-state index is 0.0402. The molecule has 0 bridgehead atoms. The maximum atomic E-state index is 12.6. The van der Waals surface area contributed by atoms with Gasteiger partial charge in [0.15, 0.2) is 0 Å². The zero-order valence-electron chi connectivity index (χ0n) is 15.1. The number of halogens is 2. The molecule has 0 aromatic heterocycles. The van der Waals surface area contributed by atoms with Crippen LogP contribution in [0.25, 0.3) is 0 Å². The number of nitrogens with one attached hydrogen (secondary N) is 1. The summed E-state index contributed by atoms with van der Waals surface area (Å²) in [4.78, 5) is 14.9. The first-order valence-corrected chi connectivity index (χ1v) is 9.52. The summed E-state index contributed by atoms with van der Waals surface area (Å²) < 4.78 is 10.7. The van der Waals surface area contributed by atoms with Gasteiger partial charge in [-0.3, -0.25) is 9.69 Å². The lowest BCUT2D eigenvalue weighted by Crippen LogP contribution is -2.43. The Labute approximate surface area is 169 Å². The summed E-state index contributed by atoms with van der Waals surface area (Å²) in [7, 11) is 1.64. The molecule has 0 radical (unpaired) electrons. The molecule has 0 saturated carbocycles. The number of carbonyl (C=O) groups excluding carboxylic acids is 1. The van der Waals surface area contributed by atoms with E-state index < -0.39 is 0 Å². The molecule has 0 aliphatic carbocycles. The van der Waals surface area contributed by atoms with Gasteiger partial charge in [-0.05, 0) is 35.9 Å². The topological polar surface area (TPSA) is 50.8 Å². The van der Waals surface area contributed by atoms with Crippen LogP contribution in [0, 0.1) is 0 Å². The minimum Gasteiger partial charge on any atom is -0.497 e. The van der Waals surface area contributed by atoms with Gasteiger partial charge in [-0.1, -0.05) is 35.3 Å². The van der Waals surface area contributed by atoms with Gasteiger partial charge in [0.25, 0.3) is 5.91 Å². The molecule has 1 atom stereocenters. The predicted octanol–water partition coefficient (Wildman–Crippen LogP) is 3.81. The second-order valence-electron chi connectivity index (χ2n) is 6.31. The first-order valence-electron chi connectivity index (χ1n) is 8.77. The van der Waals surface area contributed by atoms with Crippen molar-refractivity contribution in [1.29, 1.82) is 0 Å². The van der Waals surface area contributed by atoms with Crippen LogP contribution in [0.15, 0.2) is 42.5 Å². The molecule has 144 valence electrons. The third kappa shape index (κ3) is 5.36. The normalized spacial score (nSPS) is 16.0. The lowest BCUT2D eigenvalue weighted by atomic mass is 10.0. The predicted molar refractivity (Wildman–Crippen MR) is 107 cm³/mol. The van der Waals surface area contributed by atoms with Crippen LogP contribution in [0.2, 0.25) is 10.0 Å². The fourth-order valence-corrected chi connectivity index (χ4v) is 3.68. The molecular formula is C20H22Cl2N2O3. The Morgan fingerprint density at radius 2 is 1.78 bits per heavy atom. The van der Waals surface area contributed by atoms with Gasteiger partial charge in [-0.2, -0.15) is 0 Å². The number of benzene rings is 2. The largest absolute Gasteiger partial charge is 0.497 e. The van der Waals surface area contributed by atoms with E-state index in [1.54, 1.807) is 25.3 Å². The van der Waals surface area contributed by atoms with Crippen molar-refractivity contribution in [3.63, 3.8) is 0 Å². The van der Waals surface area contributed by atoms with Crippen molar-refractivity contribution < 1.29 is 14.3 Å². The second kappa shape index (κ2) is 9.42. The molecule has 3 rings (SSSR count). The SMILES string of the molecule is COc1ccc(C(CNC(=O)c2cc(Cl)cc(Cl)c2)N2CCOCC2)cc1. The van der Waals surface area contributed by atoms with Gasteiger partial charge in [0.2, 0.25) is 0 Å². The van der Waals surface area contributed by atoms with E-state index in [4.69, 9.17) is 32.7 Å². The van der Waals surface area contributed by atoms with Crippen LogP contribution < -0.4 is 10.1 Å². The van der Waals surface area contributed by atoms with Crippen LogP contribution >= 0.6 is 23.2 Å². The monoisotopic (exact) mass is 408 g/mol. The molecule has 2 aromatic carbocycles. The Morgan fingerprint density at radius 1 is 1.15 bits per heavy atom. The van der Waals surface area contributed by atoms with Crippen molar-refractivity contribution in [2.75, 3.05) is 40.0 Å². The molecule has 1 N–H and O–H groups in total. The van der Waals surface area contributed by atoms with E-state index in [0.29, 0.717) is 35.4 Å². The zero-order chi connectivity index (χ0) is 19.2. The van der Waals surface area contributed by atoms with Crippen molar-refractivity contribution >= 4 is 29.1 Å². The molecule has 1 saturated heterocycles. The summed E-state index contributed by atoms with van der Waals surface area (Å²) in [5.74, 6) is 0.600. The quantitative estimate of drug-likeness (QED) is 0.789. The zero-order valence-corrected chi connectivity index (χ0v) is 16.6. The van der Waals surface area contributed by atoms with Gasteiger partial charge in [-0.15, -0.1) is 0 Å². The molecule has 1 amide bonds. The Hall–Kier alpha value is -1.79. The summed E-state index contributed by atoms with van der Waals surface area (Å²) in [6.07, 6.45) is 0. The summed E-state index contributed by atoms with van der Waals surface area (Å²) in [5.41, 5.74) is 1.56. The van der Waals surface area contributed by atoms with E-state index in [1.807, 2.05) is 24.3 Å². The van der Waals surface area contributed by atoms with Crippen LogP contribution in [-0.2, 0) is 4.74 Å². The van der Waals surface area contributed by atoms with Gasteiger partial charge in [0.05, 0.1) is 26.4 Å². The number of ether oxygens (including phenoxy) is 2. The van der Waals surface area contributed by atoms with Crippen LogP contribution in [0.4, 0.5) is 0 Å². The van der Waals surface area contributed by atoms with E-state index >= 15 is 0 Å². The van der Waals surface area contributed by atoms with Crippen LogP contribution in [-0.4, -0.2) is 50.8 Å². The summed E-state index contributed by atoms with van der Waals surface area (Å²) in [5, 5.41) is 3.88. The molecule has 1 unspecified atom stereocenters. The lowest BCUT2D eigenvalue weighted by molar-refractivity contribution is 0.0162. The Balaban J connectivity index is 1.75. The fourth-order valence-electron chi connectivity index (χ4n) is 3.15. The van der Waals surface area contributed by atoms with Gasteiger partial charge in [0, 0.05) is 35.2 Å². The van der Waals surface area contributed by atoms with Gasteiger partial charge in [-0.25, -0.2) is 0 Å². The van der Waals surface area contributed by atoms with Gasteiger partial charge >= 0.3 is 0 Å². The molecule has 1 heterocycles. The number of methoxy groups -OCH3 is 1. The van der Waals surface area contributed by atoms with Crippen molar-refractivity contribution in [3.05, 3.63) is 63.6 Å². The highest BCUT2D eigenvalue weighted by Crippen LogP contribution is 2.24. The van der Waals surface area contributed by atoms with Crippen LogP contribution in [0.5, 0.6) is 5.75 Å². The number of morpholine rings is 1. The molecule has 2 aromatic rings. The number of carbonyl (C=O) groups is 1. The molecular weight excluding hydrogens is 387 g/mol. The van der Waals surface area contributed by atoms with E-state index in [1.165, 1.54) is 0 Å². The second-order valence-corrected chi connectivity index (χ2v) is 7.18. The van der Waals surface area contributed by atoms with Gasteiger partial charge in [0.1, 0.15) is 5.75 Å². The van der Waals surface area contributed by atoms with Crippen molar-refractivity contribution in [2.45, 2.75) is 6.04 Å². The number of hydrogen-bond acceptors (Lipinski definition) is 4. The number of hydrogen-bond donors (Lipinski definition) is 1. The van der Waals surface area contributed by atoms with E-state index in [2.05, 4.69) is 10.2 Å². The van der Waals surface area contributed by atoms with E-state index in [-0.39, 0.29) is 11.9 Å². The number of rotatable bonds is 6. The van der Waals surface area contributed by atoms with Crippen molar-refractivity contribution in [2.24, 2.45) is 0 Å². The molecule has 1 aliphatic rings. The van der Waals surface area contributed by atoms with Crippen molar-refractivity contribution in [1.82, 2.24) is 10.2 Å². The van der Waals surface area contributed by atoms with E-state index in [0.717, 1.165) is 24.4 Å². The Morgan fingerprint density at radius 3 is 2.37 bits per heavy atom. The van der Waals surface area contributed by atoms with E-state index in [9.17, 15) is 4.79 Å². The average Bonchev–Trinajstić information content (AvgIpc) is 2.68. The fraction of sp³-hybridized carbons (Fsp3) is 0.350. The third-order valence-corrected chi connectivity index (χ3v) is 5.00. The molecule has 27 heavy (non-hydrogen) atoms. The van der Waals surface area contributed by atoms with Crippen molar-refractivity contribution in [3.8, 4) is 5.75 Å². The first-order chi connectivity index (χ1) is 13.1. The van der Waals surface area contributed by atoms with Gasteiger partial charge < -0.3 is 14.8 Å². The molecule has 7 heteroatoms. The average molecular weight is 409 g/mol. The maximum Gasteiger partial charge on any atom is 0.251 e. The standard InChI is InChI=1S/C20H22Cl2N2O3/c1-26-18-4-2-14(3-5-18)19(24-6-8-27-9-7-24)13-23-20(25)15-10-16(21)12-17(22)11-15/h2-5,10-12,19H,6-9,13H2,1H3,(H,23,25). The molecule has 1 fully saturated rings. The van der Waals surface area contributed by atoms with Crippen LogP contribution in [0.3, 0.4) is 0 Å². The smallest absolute Gasteiger partial charge is 0.251 e. The first kappa shape index (κ1) is 20.0. The Kier molecular flexibility index (Phi) is 6.96. The van der Waals surface area contributed by atoms with Crippen LogP contribution in [0.1, 0.15) is 22.0 Å². The number of nitrogens with zero attached hydrogens (tertiary/aromatic N) is 1. The molecule has 1 aliphatic heterocycles. The molecule has 0 spiro atoms. The third-order valence-electron chi connectivity index (χ3n) is 4.57. The summed E-state index contributed by atoms with van der Waals surface area (Å²) in [6, 6.07) is 12.8. The highest BCUT2D eigenvalue weighted by Gasteiger charge is 2.23. The summed E-state index contributed by atoms with van der Waals surface area (Å²) >= 11 is 12.0. The molecule has 5 nitrogen and oxygen atoms in total. The maximum absolute atomic E-state index is 12.6. The Bertz CT molecular complexity index is 757. The summed E-state index contributed by atoms with van der Waals surface area (Å²) in [6.45, 7) is 3.47.